The number of rotatable bonds is 4. The summed E-state index contributed by atoms with van der Waals surface area (Å²) in [4.78, 5) is 0. The molecule has 2 N–H and O–H groups in total. The van der Waals surface area contributed by atoms with Crippen molar-refractivity contribution in [1.29, 1.82) is 0 Å². The molecule has 1 saturated carbocycles. The lowest BCUT2D eigenvalue weighted by molar-refractivity contribution is 0.0734. The van der Waals surface area contributed by atoms with E-state index in [4.69, 9.17) is 5.11 Å². The van der Waals surface area contributed by atoms with Crippen LogP contribution in [-0.4, -0.2) is 22.9 Å². The fourth-order valence-corrected chi connectivity index (χ4v) is 1.64. The van der Waals surface area contributed by atoms with E-state index in [0.29, 0.717) is 11.8 Å². The Balaban J connectivity index is 2.15. The molecule has 0 aromatic rings. The second kappa shape index (κ2) is 3.55. The van der Waals surface area contributed by atoms with Crippen molar-refractivity contribution in [3.63, 3.8) is 0 Å². The summed E-state index contributed by atoms with van der Waals surface area (Å²) < 4.78 is 0. The summed E-state index contributed by atoms with van der Waals surface area (Å²) in [5.74, 6) is 2.43. The Morgan fingerprint density at radius 3 is 2.64 bits per heavy atom. The lowest BCUT2D eigenvalue weighted by Crippen LogP contribution is -2.15. The average Bonchev–Trinajstić information content (AvgIpc) is 2.65. The summed E-state index contributed by atoms with van der Waals surface area (Å²) in [5.41, 5.74) is 0. The van der Waals surface area contributed by atoms with Gasteiger partial charge >= 0.3 is 0 Å². The molecular formula is C9H17O2. The Labute approximate surface area is 68.2 Å². The van der Waals surface area contributed by atoms with E-state index in [-0.39, 0.29) is 6.61 Å². The van der Waals surface area contributed by atoms with Gasteiger partial charge in [0.05, 0.1) is 12.7 Å². The predicted molar refractivity (Wildman–Crippen MR) is 43.9 cm³/mol. The first-order valence-corrected chi connectivity index (χ1v) is 4.23. The molecule has 1 aliphatic carbocycles. The SMILES string of the molecule is C[C](C)CC1CC1[C@H](O)CO. The minimum atomic E-state index is -0.473. The van der Waals surface area contributed by atoms with Gasteiger partial charge in [0, 0.05) is 0 Å². The van der Waals surface area contributed by atoms with E-state index in [1.807, 2.05) is 0 Å². The molecule has 2 unspecified atom stereocenters. The van der Waals surface area contributed by atoms with Crippen LogP contribution in [0, 0.1) is 17.8 Å². The Morgan fingerprint density at radius 1 is 1.55 bits per heavy atom. The molecule has 65 valence electrons. The third-order valence-corrected chi connectivity index (χ3v) is 2.33. The van der Waals surface area contributed by atoms with E-state index < -0.39 is 6.10 Å². The molecule has 1 radical (unpaired) electrons. The highest BCUT2D eigenvalue weighted by atomic mass is 16.3. The van der Waals surface area contributed by atoms with Crippen LogP contribution in [-0.2, 0) is 0 Å². The van der Waals surface area contributed by atoms with Gasteiger partial charge in [-0.1, -0.05) is 13.8 Å². The third-order valence-electron chi connectivity index (χ3n) is 2.33. The summed E-state index contributed by atoms with van der Waals surface area (Å²) in [6.45, 7) is 4.14. The normalized spacial score (nSPS) is 32.5. The molecule has 3 atom stereocenters. The quantitative estimate of drug-likeness (QED) is 0.638. The van der Waals surface area contributed by atoms with Gasteiger partial charge in [-0.25, -0.2) is 0 Å². The van der Waals surface area contributed by atoms with Gasteiger partial charge in [0.25, 0.3) is 0 Å². The van der Waals surface area contributed by atoms with Crippen LogP contribution in [0.3, 0.4) is 0 Å². The van der Waals surface area contributed by atoms with E-state index in [1.165, 1.54) is 5.92 Å². The molecule has 2 heteroatoms. The number of hydrogen-bond acceptors (Lipinski definition) is 2. The molecule has 0 bridgehead atoms. The molecule has 0 amide bonds. The summed E-state index contributed by atoms with van der Waals surface area (Å²) >= 11 is 0. The second-order valence-corrected chi connectivity index (χ2v) is 3.82. The monoisotopic (exact) mass is 157 g/mol. The van der Waals surface area contributed by atoms with E-state index >= 15 is 0 Å². The summed E-state index contributed by atoms with van der Waals surface area (Å²) in [7, 11) is 0. The van der Waals surface area contributed by atoms with Gasteiger partial charge in [0.2, 0.25) is 0 Å². The van der Waals surface area contributed by atoms with Crippen molar-refractivity contribution in [1.82, 2.24) is 0 Å². The lowest BCUT2D eigenvalue weighted by atomic mass is 10.0. The lowest BCUT2D eigenvalue weighted by Gasteiger charge is -2.06. The van der Waals surface area contributed by atoms with Crippen molar-refractivity contribution in [3.05, 3.63) is 5.92 Å². The minimum Gasteiger partial charge on any atom is -0.394 e. The van der Waals surface area contributed by atoms with Crippen molar-refractivity contribution in [2.75, 3.05) is 6.61 Å². The maximum atomic E-state index is 9.22. The van der Waals surface area contributed by atoms with Crippen LogP contribution in [0.25, 0.3) is 0 Å². The molecule has 0 spiro atoms. The molecule has 0 heterocycles. The van der Waals surface area contributed by atoms with E-state index in [1.54, 1.807) is 0 Å². The van der Waals surface area contributed by atoms with E-state index in [9.17, 15) is 5.11 Å². The topological polar surface area (TPSA) is 40.5 Å². The van der Waals surface area contributed by atoms with E-state index in [0.717, 1.165) is 12.8 Å². The van der Waals surface area contributed by atoms with Crippen LogP contribution in [0.5, 0.6) is 0 Å². The first kappa shape index (κ1) is 9.01. The summed E-state index contributed by atoms with van der Waals surface area (Å²) in [6, 6.07) is 0. The molecule has 0 aromatic carbocycles. The van der Waals surface area contributed by atoms with Gasteiger partial charge in [-0.2, -0.15) is 0 Å². The first-order valence-electron chi connectivity index (χ1n) is 4.23. The Bertz CT molecular complexity index is 123. The van der Waals surface area contributed by atoms with Crippen molar-refractivity contribution in [2.45, 2.75) is 32.8 Å². The molecule has 0 saturated heterocycles. The highest BCUT2D eigenvalue weighted by Gasteiger charge is 2.41. The summed E-state index contributed by atoms with van der Waals surface area (Å²) in [5, 5.41) is 17.9. The number of aliphatic hydroxyl groups excluding tert-OH is 2. The van der Waals surface area contributed by atoms with Crippen LogP contribution < -0.4 is 0 Å². The van der Waals surface area contributed by atoms with Gasteiger partial charge in [-0.15, -0.1) is 0 Å². The van der Waals surface area contributed by atoms with Crippen molar-refractivity contribution < 1.29 is 10.2 Å². The van der Waals surface area contributed by atoms with Gasteiger partial charge in [0.1, 0.15) is 0 Å². The van der Waals surface area contributed by atoms with Crippen LogP contribution in [0.1, 0.15) is 26.7 Å². The van der Waals surface area contributed by atoms with Crippen molar-refractivity contribution in [2.24, 2.45) is 11.8 Å². The average molecular weight is 157 g/mol. The van der Waals surface area contributed by atoms with Crippen LogP contribution in [0.15, 0.2) is 0 Å². The van der Waals surface area contributed by atoms with Gasteiger partial charge in [-0.3, -0.25) is 0 Å². The molecular weight excluding hydrogens is 140 g/mol. The Hall–Kier alpha value is -0.0800. The third kappa shape index (κ3) is 2.46. The van der Waals surface area contributed by atoms with Crippen LogP contribution >= 0.6 is 0 Å². The van der Waals surface area contributed by atoms with Gasteiger partial charge < -0.3 is 10.2 Å². The Kier molecular flexibility index (Phi) is 2.90. The summed E-state index contributed by atoms with van der Waals surface area (Å²) in [6.07, 6.45) is 1.73. The van der Waals surface area contributed by atoms with Crippen LogP contribution in [0.2, 0.25) is 0 Å². The molecule has 1 aliphatic rings. The smallest absolute Gasteiger partial charge is 0.0801 e. The van der Waals surface area contributed by atoms with Crippen molar-refractivity contribution in [3.8, 4) is 0 Å². The van der Waals surface area contributed by atoms with E-state index in [2.05, 4.69) is 13.8 Å². The largest absolute Gasteiger partial charge is 0.394 e. The molecule has 0 aromatic heterocycles. The van der Waals surface area contributed by atoms with Gasteiger partial charge in [0.15, 0.2) is 0 Å². The maximum absolute atomic E-state index is 9.22. The highest BCUT2D eigenvalue weighted by molar-refractivity contribution is 4.96. The molecule has 11 heavy (non-hydrogen) atoms. The zero-order chi connectivity index (χ0) is 8.43. The minimum absolute atomic E-state index is 0.0794. The fourth-order valence-electron chi connectivity index (χ4n) is 1.64. The number of aliphatic hydroxyl groups is 2. The molecule has 1 fully saturated rings. The predicted octanol–water partition coefficient (Wildman–Crippen LogP) is 0.980. The zero-order valence-electron chi connectivity index (χ0n) is 7.25. The highest BCUT2D eigenvalue weighted by Crippen LogP contribution is 2.45. The maximum Gasteiger partial charge on any atom is 0.0801 e. The molecule has 1 rings (SSSR count). The van der Waals surface area contributed by atoms with Gasteiger partial charge in [-0.05, 0) is 30.6 Å². The number of hydrogen-bond donors (Lipinski definition) is 2. The second-order valence-electron chi connectivity index (χ2n) is 3.82. The fraction of sp³-hybridized carbons (Fsp3) is 0.889. The first-order chi connectivity index (χ1) is 5.15. The standard InChI is InChI=1S/C9H17O2/c1-6(2)3-7-4-8(7)9(11)5-10/h7-11H,3-5H2,1-2H3/t7?,8?,9-/m1/s1. The molecule has 2 nitrogen and oxygen atoms in total. The van der Waals surface area contributed by atoms with Crippen LogP contribution in [0.4, 0.5) is 0 Å². The molecule has 0 aliphatic heterocycles. The zero-order valence-corrected chi connectivity index (χ0v) is 7.25. The van der Waals surface area contributed by atoms with Crippen molar-refractivity contribution >= 4 is 0 Å². The Morgan fingerprint density at radius 2 is 2.18 bits per heavy atom.